The van der Waals surface area contributed by atoms with E-state index in [0.717, 1.165) is 15.3 Å². The number of para-hydroxylation sites is 1. The van der Waals surface area contributed by atoms with E-state index in [0.29, 0.717) is 16.5 Å². The summed E-state index contributed by atoms with van der Waals surface area (Å²) < 4.78 is 26.4. The molecule has 1 N–H and O–H groups in total. The average Bonchev–Trinajstić information content (AvgIpc) is 3.17. The van der Waals surface area contributed by atoms with Gasteiger partial charge in [-0.05, 0) is 42.5 Å². The van der Waals surface area contributed by atoms with Gasteiger partial charge in [-0.2, -0.15) is 0 Å². The van der Waals surface area contributed by atoms with Gasteiger partial charge in [0.2, 0.25) is 0 Å². The van der Waals surface area contributed by atoms with Gasteiger partial charge < -0.3 is 14.6 Å². The number of ether oxygens (including phenoxy) is 2. The standard InChI is InChI=1S/C20H14ClFO4S/c1-20(14-7-5-11(21)9-15(14)22)25-16-4-2-3-13(19(16)26-20)17-8-6-12(27-17)10-18(23)24/h2-9H,10H2,1H3,(H,23,24). The lowest BCUT2D eigenvalue weighted by Gasteiger charge is -2.24. The molecule has 2 heterocycles. The van der Waals surface area contributed by atoms with Crippen molar-refractivity contribution in [2.45, 2.75) is 19.1 Å². The number of halogens is 2. The van der Waals surface area contributed by atoms with E-state index in [2.05, 4.69) is 0 Å². The first kappa shape index (κ1) is 17.8. The van der Waals surface area contributed by atoms with Crippen LogP contribution in [-0.4, -0.2) is 11.1 Å². The number of carboxylic acids is 1. The van der Waals surface area contributed by atoms with Crippen LogP contribution in [0.3, 0.4) is 0 Å². The summed E-state index contributed by atoms with van der Waals surface area (Å²) in [6.07, 6.45) is -0.0370. The molecule has 1 aromatic heterocycles. The van der Waals surface area contributed by atoms with Crippen molar-refractivity contribution in [3.63, 3.8) is 0 Å². The van der Waals surface area contributed by atoms with Gasteiger partial charge in [0.25, 0.3) is 5.79 Å². The molecule has 0 saturated heterocycles. The van der Waals surface area contributed by atoms with Crippen LogP contribution in [0.15, 0.2) is 48.5 Å². The molecule has 0 aliphatic carbocycles. The highest BCUT2D eigenvalue weighted by atomic mass is 35.5. The normalized spacial score (nSPS) is 17.9. The van der Waals surface area contributed by atoms with Crippen LogP contribution >= 0.6 is 22.9 Å². The van der Waals surface area contributed by atoms with Crippen LogP contribution in [-0.2, 0) is 17.0 Å². The minimum atomic E-state index is -1.33. The summed E-state index contributed by atoms with van der Waals surface area (Å²) in [5.41, 5.74) is 1.01. The first-order valence-corrected chi connectivity index (χ1v) is 9.32. The third-order valence-corrected chi connectivity index (χ3v) is 5.61. The molecule has 0 amide bonds. The van der Waals surface area contributed by atoms with Gasteiger partial charge in [-0.15, -0.1) is 11.3 Å². The molecule has 4 rings (SSSR count). The second-order valence-corrected chi connectivity index (χ2v) is 7.85. The molecule has 1 aliphatic heterocycles. The van der Waals surface area contributed by atoms with E-state index >= 15 is 0 Å². The van der Waals surface area contributed by atoms with Gasteiger partial charge in [0.05, 0.1) is 12.0 Å². The van der Waals surface area contributed by atoms with Crippen LogP contribution in [0.4, 0.5) is 4.39 Å². The maximum atomic E-state index is 14.4. The summed E-state index contributed by atoms with van der Waals surface area (Å²) in [6, 6.07) is 13.4. The van der Waals surface area contributed by atoms with E-state index in [4.69, 9.17) is 26.2 Å². The van der Waals surface area contributed by atoms with Gasteiger partial charge in [0.1, 0.15) is 5.82 Å². The molecule has 0 saturated carbocycles. The maximum absolute atomic E-state index is 14.4. The minimum absolute atomic E-state index is 0.0370. The molecule has 3 aromatic rings. The van der Waals surface area contributed by atoms with Gasteiger partial charge in [0, 0.05) is 27.3 Å². The van der Waals surface area contributed by atoms with E-state index in [1.165, 1.54) is 17.4 Å². The first-order chi connectivity index (χ1) is 12.9. The molecule has 4 nitrogen and oxygen atoms in total. The summed E-state index contributed by atoms with van der Waals surface area (Å²) in [6.45, 7) is 1.65. The molecule has 7 heteroatoms. The summed E-state index contributed by atoms with van der Waals surface area (Å²) in [5, 5.41) is 9.25. The van der Waals surface area contributed by atoms with Gasteiger partial charge in [-0.3, -0.25) is 4.79 Å². The molecule has 1 unspecified atom stereocenters. The van der Waals surface area contributed by atoms with Crippen molar-refractivity contribution < 1.29 is 23.8 Å². The van der Waals surface area contributed by atoms with Crippen molar-refractivity contribution in [2.75, 3.05) is 0 Å². The van der Waals surface area contributed by atoms with Gasteiger partial charge in [0.15, 0.2) is 11.5 Å². The fourth-order valence-corrected chi connectivity index (χ4v) is 4.24. The third-order valence-electron chi connectivity index (χ3n) is 4.25. The Morgan fingerprint density at radius 1 is 1.22 bits per heavy atom. The Hall–Kier alpha value is -2.57. The maximum Gasteiger partial charge on any atom is 0.308 e. The average molecular weight is 405 g/mol. The lowest BCUT2D eigenvalue weighted by atomic mass is 10.1. The number of aliphatic carboxylic acids is 1. The highest BCUT2D eigenvalue weighted by Gasteiger charge is 2.42. The highest BCUT2D eigenvalue weighted by molar-refractivity contribution is 7.15. The Bertz CT molecular complexity index is 1050. The molecule has 0 spiro atoms. The lowest BCUT2D eigenvalue weighted by molar-refractivity contribution is -0.136. The summed E-state index contributed by atoms with van der Waals surface area (Å²) in [5.74, 6) is -1.73. The Labute approximate surface area is 163 Å². The fraction of sp³-hybridized carbons (Fsp3) is 0.150. The van der Waals surface area contributed by atoms with Crippen molar-refractivity contribution in [1.82, 2.24) is 0 Å². The number of thiophene rings is 1. The quantitative estimate of drug-likeness (QED) is 0.625. The van der Waals surface area contributed by atoms with Crippen molar-refractivity contribution >= 4 is 28.9 Å². The summed E-state index contributed by atoms with van der Waals surface area (Å²) >= 11 is 7.21. The van der Waals surface area contributed by atoms with Crippen molar-refractivity contribution in [3.8, 4) is 21.9 Å². The number of carboxylic acid groups (broad SMARTS) is 1. The third kappa shape index (κ3) is 3.26. The van der Waals surface area contributed by atoms with E-state index in [9.17, 15) is 9.18 Å². The van der Waals surface area contributed by atoms with Gasteiger partial charge >= 0.3 is 5.97 Å². The molecule has 1 atom stereocenters. The molecule has 2 aromatic carbocycles. The molecule has 138 valence electrons. The lowest BCUT2D eigenvalue weighted by Crippen LogP contribution is -2.32. The number of hydrogen-bond acceptors (Lipinski definition) is 4. The van der Waals surface area contributed by atoms with Crippen LogP contribution in [0.25, 0.3) is 10.4 Å². The van der Waals surface area contributed by atoms with Crippen LogP contribution in [0.5, 0.6) is 11.5 Å². The Morgan fingerprint density at radius 2 is 2.04 bits per heavy atom. The largest absolute Gasteiger partial charge is 0.481 e. The number of benzene rings is 2. The highest BCUT2D eigenvalue weighted by Crippen LogP contribution is 2.50. The SMILES string of the molecule is CC1(c2ccc(Cl)cc2F)Oc2cccc(-c3ccc(CC(=O)O)s3)c2O1. The molecular formula is C20H14ClFO4S. The van der Waals surface area contributed by atoms with Crippen molar-refractivity contribution in [1.29, 1.82) is 0 Å². The van der Waals surface area contributed by atoms with Gasteiger partial charge in [-0.1, -0.05) is 17.7 Å². The zero-order valence-corrected chi connectivity index (χ0v) is 15.7. The predicted octanol–water partition coefficient (Wildman–Crippen LogP) is 5.48. The first-order valence-electron chi connectivity index (χ1n) is 8.13. The van der Waals surface area contributed by atoms with Crippen molar-refractivity contribution in [2.24, 2.45) is 0 Å². The van der Waals surface area contributed by atoms with E-state index in [1.807, 2.05) is 18.2 Å². The van der Waals surface area contributed by atoms with Gasteiger partial charge in [-0.25, -0.2) is 4.39 Å². The summed E-state index contributed by atoms with van der Waals surface area (Å²) in [4.78, 5) is 12.5. The van der Waals surface area contributed by atoms with Crippen LogP contribution in [0, 0.1) is 5.82 Å². The van der Waals surface area contributed by atoms with Crippen molar-refractivity contribution in [3.05, 3.63) is 69.8 Å². The van der Waals surface area contributed by atoms with Crippen LogP contribution in [0.2, 0.25) is 5.02 Å². The Morgan fingerprint density at radius 3 is 2.78 bits per heavy atom. The number of rotatable bonds is 4. The van der Waals surface area contributed by atoms with E-state index in [-0.39, 0.29) is 12.0 Å². The molecule has 0 fully saturated rings. The van der Waals surface area contributed by atoms with Crippen LogP contribution < -0.4 is 9.47 Å². The number of fused-ring (bicyclic) bond motifs is 1. The van der Waals surface area contributed by atoms with E-state index < -0.39 is 17.6 Å². The molecular weight excluding hydrogens is 391 g/mol. The second-order valence-electron chi connectivity index (χ2n) is 6.24. The Kier molecular flexibility index (Phi) is 4.32. The van der Waals surface area contributed by atoms with E-state index in [1.54, 1.807) is 31.2 Å². The van der Waals surface area contributed by atoms with Crippen LogP contribution in [0.1, 0.15) is 17.4 Å². The fourth-order valence-electron chi connectivity index (χ4n) is 3.06. The second kappa shape index (κ2) is 6.55. The molecule has 0 radical (unpaired) electrons. The smallest absolute Gasteiger partial charge is 0.308 e. The summed E-state index contributed by atoms with van der Waals surface area (Å²) in [7, 11) is 0. The number of hydrogen-bond donors (Lipinski definition) is 1. The molecule has 1 aliphatic rings. The molecule has 27 heavy (non-hydrogen) atoms. The zero-order chi connectivity index (χ0) is 19.2. The topological polar surface area (TPSA) is 55.8 Å². The number of carbonyl (C=O) groups is 1. The minimum Gasteiger partial charge on any atom is -0.481 e. The Balaban J connectivity index is 1.71. The zero-order valence-electron chi connectivity index (χ0n) is 14.2. The molecule has 0 bridgehead atoms. The monoisotopic (exact) mass is 404 g/mol. The predicted molar refractivity (Wildman–Crippen MR) is 101 cm³/mol.